The van der Waals surface area contributed by atoms with Crippen LogP contribution in [0.25, 0.3) is 16.8 Å². The van der Waals surface area contributed by atoms with E-state index in [-0.39, 0.29) is 18.7 Å². The molecule has 4 N–H and O–H groups in total. The summed E-state index contributed by atoms with van der Waals surface area (Å²) in [5, 5.41) is 10.7. The number of fused-ring (bicyclic) bond motifs is 1. The van der Waals surface area contributed by atoms with Gasteiger partial charge < -0.3 is 20.1 Å². The summed E-state index contributed by atoms with van der Waals surface area (Å²) in [6.07, 6.45) is 3.90. The van der Waals surface area contributed by atoms with Crippen LogP contribution in [0, 0.1) is 0 Å². The van der Waals surface area contributed by atoms with Crippen molar-refractivity contribution in [2.24, 2.45) is 5.73 Å². The molecule has 2 aromatic carbocycles. The fraction of sp³-hybridized carbons (Fsp3) is 0.208. The minimum absolute atomic E-state index is 0.126. The largest absolute Gasteiger partial charge is 0.496 e. The maximum absolute atomic E-state index is 12.4. The van der Waals surface area contributed by atoms with Crippen LogP contribution in [-0.2, 0) is 0 Å². The third-order valence-electron chi connectivity index (χ3n) is 5.39. The van der Waals surface area contributed by atoms with Gasteiger partial charge in [-0.15, -0.1) is 5.10 Å². The normalized spacial score (nSPS) is 13.0. The molecule has 0 radical (unpaired) electrons. The first-order valence-corrected chi connectivity index (χ1v) is 10.7. The van der Waals surface area contributed by atoms with Crippen LogP contribution in [-0.4, -0.2) is 40.4 Å². The van der Waals surface area contributed by atoms with E-state index in [2.05, 4.69) is 20.7 Å². The van der Waals surface area contributed by atoms with Gasteiger partial charge in [-0.05, 0) is 54.8 Å². The number of benzene rings is 2. The highest BCUT2D eigenvalue weighted by Gasteiger charge is 2.25. The van der Waals surface area contributed by atoms with Gasteiger partial charge in [-0.2, -0.15) is 4.98 Å². The first-order valence-electron chi connectivity index (χ1n) is 10.7. The van der Waals surface area contributed by atoms with Crippen molar-refractivity contribution in [1.82, 2.24) is 19.9 Å². The fourth-order valence-electron chi connectivity index (χ4n) is 3.59. The van der Waals surface area contributed by atoms with Gasteiger partial charge in [0, 0.05) is 29.6 Å². The SMILES string of the molecule is COc1cc(Nc2nc3c(-c4ccc(OCN)cc4)cccn3n2)ccc1C(=O)NC1CC1. The molecule has 0 bridgehead atoms. The van der Waals surface area contributed by atoms with E-state index in [1.54, 1.807) is 23.8 Å². The van der Waals surface area contributed by atoms with E-state index in [9.17, 15) is 4.79 Å². The molecule has 1 aliphatic rings. The van der Waals surface area contributed by atoms with E-state index in [0.29, 0.717) is 28.7 Å². The van der Waals surface area contributed by atoms with Crippen LogP contribution in [0.1, 0.15) is 23.2 Å². The molecule has 1 amide bonds. The number of ether oxygens (including phenoxy) is 2. The van der Waals surface area contributed by atoms with Gasteiger partial charge in [0.25, 0.3) is 5.91 Å². The Morgan fingerprint density at radius 2 is 2.00 bits per heavy atom. The zero-order valence-electron chi connectivity index (χ0n) is 18.1. The Morgan fingerprint density at radius 1 is 1.18 bits per heavy atom. The van der Waals surface area contributed by atoms with Crippen LogP contribution < -0.4 is 25.8 Å². The highest BCUT2D eigenvalue weighted by molar-refractivity contribution is 5.97. The predicted molar refractivity (Wildman–Crippen MR) is 125 cm³/mol. The molecule has 0 unspecified atom stereocenters. The number of carbonyl (C=O) groups is 1. The molecule has 0 aliphatic heterocycles. The van der Waals surface area contributed by atoms with E-state index < -0.39 is 0 Å². The van der Waals surface area contributed by atoms with Crippen LogP contribution in [0.2, 0.25) is 0 Å². The van der Waals surface area contributed by atoms with Crippen LogP contribution in [0.15, 0.2) is 60.8 Å². The van der Waals surface area contributed by atoms with E-state index >= 15 is 0 Å². The Hall–Kier alpha value is -4.11. The Morgan fingerprint density at radius 3 is 2.73 bits per heavy atom. The lowest BCUT2D eigenvalue weighted by atomic mass is 10.1. The Balaban J connectivity index is 1.40. The van der Waals surface area contributed by atoms with Crippen molar-refractivity contribution in [2.75, 3.05) is 19.2 Å². The number of nitrogens with one attached hydrogen (secondary N) is 2. The fourth-order valence-corrected chi connectivity index (χ4v) is 3.59. The number of hydrogen-bond acceptors (Lipinski definition) is 7. The molecule has 2 heterocycles. The van der Waals surface area contributed by atoms with Crippen molar-refractivity contribution in [2.45, 2.75) is 18.9 Å². The predicted octanol–water partition coefficient (Wildman–Crippen LogP) is 3.34. The minimum atomic E-state index is -0.126. The second kappa shape index (κ2) is 8.79. The molecule has 1 aliphatic carbocycles. The number of nitrogens with two attached hydrogens (primary N) is 1. The van der Waals surface area contributed by atoms with Gasteiger partial charge in [0.1, 0.15) is 18.2 Å². The maximum atomic E-state index is 12.4. The zero-order valence-corrected chi connectivity index (χ0v) is 18.1. The molecule has 168 valence electrons. The summed E-state index contributed by atoms with van der Waals surface area (Å²) < 4.78 is 12.5. The number of anilines is 2. The van der Waals surface area contributed by atoms with Gasteiger partial charge in [-0.25, -0.2) is 4.52 Å². The molecule has 9 nitrogen and oxygen atoms in total. The van der Waals surface area contributed by atoms with E-state index in [1.165, 1.54) is 0 Å². The molecule has 0 saturated heterocycles. The molecule has 1 fully saturated rings. The van der Waals surface area contributed by atoms with Crippen LogP contribution in [0.4, 0.5) is 11.6 Å². The Kier molecular flexibility index (Phi) is 5.54. The van der Waals surface area contributed by atoms with Crippen molar-refractivity contribution in [3.05, 3.63) is 66.4 Å². The molecule has 5 rings (SSSR count). The number of nitrogens with zero attached hydrogens (tertiary/aromatic N) is 3. The second-order valence-electron chi connectivity index (χ2n) is 7.75. The monoisotopic (exact) mass is 444 g/mol. The zero-order chi connectivity index (χ0) is 22.8. The number of amides is 1. The number of carbonyl (C=O) groups excluding carboxylic acids is 1. The molecular formula is C24H24N6O3. The van der Waals surface area contributed by atoms with Crippen molar-refractivity contribution in [1.29, 1.82) is 0 Å². The Bertz CT molecular complexity index is 1300. The molecule has 9 heteroatoms. The molecular weight excluding hydrogens is 420 g/mol. The number of methoxy groups -OCH3 is 1. The summed E-state index contributed by atoms with van der Waals surface area (Å²) in [6.45, 7) is 0.130. The molecule has 1 saturated carbocycles. The average molecular weight is 444 g/mol. The summed E-state index contributed by atoms with van der Waals surface area (Å²) in [5.74, 6) is 1.50. The van der Waals surface area contributed by atoms with Gasteiger partial charge in [-0.3, -0.25) is 10.5 Å². The molecule has 2 aromatic heterocycles. The third-order valence-corrected chi connectivity index (χ3v) is 5.39. The molecule has 0 spiro atoms. The van der Waals surface area contributed by atoms with Crippen molar-refractivity contribution in [3.8, 4) is 22.6 Å². The van der Waals surface area contributed by atoms with Crippen LogP contribution in [0.5, 0.6) is 11.5 Å². The van der Waals surface area contributed by atoms with E-state index in [4.69, 9.17) is 15.2 Å². The lowest BCUT2D eigenvalue weighted by Crippen LogP contribution is -2.25. The van der Waals surface area contributed by atoms with Gasteiger partial charge >= 0.3 is 0 Å². The molecule has 33 heavy (non-hydrogen) atoms. The second-order valence-corrected chi connectivity index (χ2v) is 7.75. The smallest absolute Gasteiger partial charge is 0.255 e. The third kappa shape index (κ3) is 4.44. The number of hydrogen-bond donors (Lipinski definition) is 3. The summed E-state index contributed by atoms with van der Waals surface area (Å²) in [6, 6.07) is 17.2. The number of rotatable bonds is 8. The summed E-state index contributed by atoms with van der Waals surface area (Å²) in [7, 11) is 1.55. The van der Waals surface area contributed by atoms with Gasteiger partial charge in [0.2, 0.25) is 5.95 Å². The average Bonchev–Trinajstić information content (AvgIpc) is 3.55. The molecule has 4 aromatic rings. The topological polar surface area (TPSA) is 116 Å². The summed E-state index contributed by atoms with van der Waals surface area (Å²) >= 11 is 0. The van der Waals surface area contributed by atoms with Gasteiger partial charge in [-0.1, -0.05) is 12.1 Å². The summed E-state index contributed by atoms with van der Waals surface area (Å²) in [4.78, 5) is 17.1. The van der Waals surface area contributed by atoms with E-state index in [0.717, 1.165) is 29.7 Å². The van der Waals surface area contributed by atoms with Crippen molar-refractivity contribution >= 4 is 23.2 Å². The summed E-state index contributed by atoms with van der Waals surface area (Å²) in [5.41, 5.74) is 9.28. The number of pyridine rings is 1. The van der Waals surface area contributed by atoms with Crippen molar-refractivity contribution < 1.29 is 14.3 Å². The number of aromatic nitrogens is 3. The van der Waals surface area contributed by atoms with Crippen LogP contribution >= 0.6 is 0 Å². The minimum Gasteiger partial charge on any atom is -0.496 e. The van der Waals surface area contributed by atoms with Gasteiger partial charge in [0.15, 0.2) is 5.65 Å². The van der Waals surface area contributed by atoms with Gasteiger partial charge in [0.05, 0.1) is 12.7 Å². The van der Waals surface area contributed by atoms with E-state index in [1.807, 2.05) is 48.7 Å². The first kappa shape index (κ1) is 20.8. The Labute approximate surface area is 190 Å². The van der Waals surface area contributed by atoms with Crippen molar-refractivity contribution in [3.63, 3.8) is 0 Å². The van der Waals surface area contributed by atoms with Crippen LogP contribution in [0.3, 0.4) is 0 Å². The lowest BCUT2D eigenvalue weighted by molar-refractivity contribution is 0.0948. The lowest BCUT2D eigenvalue weighted by Gasteiger charge is -2.11. The quantitative estimate of drug-likeness (QED) is 0.357. The maximum Gasteiger partial charge on any atom is 0.255 e. The standard InChI is InChI=1S/C24H24N6O3/c1-32-21-13-17(8-11-20(21)23(31)26-16-6-7-16)27-24-28-22-19(3-2-12-30(22)29-24)15-4-9-18(10-5-15)33-14-25/h2-5,8-13,16H,6-7,14,25H2,1H3,(H,26,31)(H,27,29). The first-order chi connectivity index (χ1) is 16.1. The highest BCUT2D eigenvalue weighted by Crippen LogP contribution is 2.29. The highest BCUT2D eigenvalue weighted by atomic mass is 16.5. The molecule has 0 atom stereocenters.